The van der Waals surface area contributed by atoms with Gasteiger partial charge in [-0.25, -0.2) is 9.37 Å². The molecule has 2 aromatic rings. The highest BCUT2D eigenvalue weighted by atomic mass is 19.1. The van der Waals surface area contributed by atoms with Gasteiger partial charge in [0.25, 0.3) is 0 Å². The van der Waals surface area contributed by atoms with Crippen LogP contribution in [0.25, 0.3) is 12.2 Å². The Bertz CT molecular complexity index is 504. The molecule has 0 saturated heterocycles. The van der Waals surface area contributed by atoms with Gasteiger partial charge in [-0.15, -0.1) is 0 Å². The Morgan fingerprint density at radius 2 is 1.69 bits per heavy atom. The summed E-state index contributed by atoms with van der Waals surface area (Å²) in [4.78, 5) is 3.90. The average Bonchev–Trinajstić information content (AvgIpc) is 2.28. The first-order valence-corrected chi connectivity index (χ1v) is 4.89. The molecule has 1 aromatic carbocycles. The first-order chi connectivity index (χ1) is 7.74. The maximum atomic E-state index is 12.7. The van der Waals surface area contributed by atoms with Crippen LogP contribution in [-0.4, -0.2) is 4.98 Å². The number of nitrogen functional groups attached to an aromatic ring is 1. The fraction of sp³-hybridized carbons (Fsp3) is 0. The van der Waals surface area contributed by atoms with Crippen molar-refractivity contribution < 1.29 is 4.39 Å². The number of benzene rings is 1. The Morgan fingerprint density at radius 3 is 2.38 bits per heavy atom. The Hall–Kier alpha value is -2.16. The molecule has 0 aliphatic rings. The summed E-state index contributed by atoms with van der Waals surface area (Å²) >= 11 is 0. The van der Waals surface area contributed by atoms with Crippen LogP contribution in [-0.2, 0) is 0 Å². The number of anilines is 1. The van der Waals surface area contributed by atoms with E-state index in [9.17, 15) is 4.39 Å². The van der Waals surface area contributed by atoms with E-state index in [0.717, 1.165) is 11.1 Å². The topological polar surface area (TPSA) is 38.9 Å². The largest absolute Gasteiger partial charge is 0.384 e. The van der Waals surface area contributed by atoms with Crippen molar-refractivity contribution >= 4 is 18.0 Å². The Kier molecular flexibility index (Phi) is 2.96. The van der Waals surface area contributed by atoms with E-state index in [2.05, 4.69) is 4.98 Å². The molecule has 0 saturated carbocycles. The molecular weight excluding hydrogens is 203 g/mol. The quantitative estimate of drug-likeness (QED) is 0.834. The molecule has 2 rings (SSSR count). The summed E-state index contributed by atoms with van der Waals surface area (Å²) in [6.45, 7) is 0. The fourth-order valence-corrected chi connectivity index (χ4v) is 1.34. The van der Waals surface area contributed by atoms with Crippen LogP contribution in [0.2, 0.25) is 0 Å². The molecule has 0 aliphatic heterocycles. The lowest BCUT2D eigenvalue weighted by atomic mass is 10.1. The summed E-state index contributed by atoms with van der Waals surface area (Å²) in [7, 11) is 0. The molecule has 0 fully saturated rings. The number of pyridine rings is 1. The van der Waals surface area contributed by atoms with E-state index in [1.807, 2.05) is 18.2 Å². The summed E-state index contributed by atoms with van der Waals surface area (Å²) in [6, 6.07) is 9.93. The summed E-state index contributed by atoms with van der Waals surface area (Å²) in [5, 5.41) is 0. The van der Waals surface area contributed by atoms with E-state index in [4.69, 9.17) is 5.73 Å². The van der Waals surface area contributed by atoms with Gasteiger partial charge in [-0.1, -0.05) is 24.3 Å². The number of nitrogens with zero attached hydrogens (tertiary/aromatic N) is 1. The van der Waals surface area contributed by atoms with E-state index < -0.39 is 0 Å². The van der Waals surface area contributed by atoms with Gasteiger partial charge in [0.1, 0.15) is 11.6 Å². The molecule has 0 unspecified atom stereocenters. The van der Waals surface area contributed by atoms with E-state index >= 15 is 0 Å². The molecule has 3 heteroatoms. The maximum Gasteiger partial charge on any atom is 0.123 e. The van der Waals surface area contributed by atoms with Crippen LogP contribution in [0.1, 0.15) is 11.1 Å². The Balaban J connectivity index is 2.18. The van der Waals surface area contributed by atoms with Crippen LogP contribution in [0.15, 0.2) is 42.6 Å². The molecule has 0 atom stereocenters. The molecule has 16 heavy (non-hydrogen) atoms. The van der Waals surface area contributed by atoms with Gasteiger partial charge < -0.3 is 5.73 Å². The van der Waals surface area contributed by atoms with Gasteiger partial charge in [-0.3, -0.25) is 0 Å². The summed E-state index contributed by atoms with van der Waals surface area (Å²) < 4.78 is 12.7. The lowest BCUT2D eigenvalue weighted by Gasteiger charge is -1.95. The normalized spacial score (nSPS) is 10.8. The van der Waals surface area contributed by atoms with Crippen LogP contribution < -0.4 is 5.73 Å². The van der Waals surface area contributed by atoms with Crippen molar-refractivity contribution in [2.75, 3.05) is 5.73 Å². The van der Waals surface area contributed by atoms with Crippen LogP contribution in [0, 0.1) is 5.82 Å². The third-order valence-corrected chi connectivity index (χ3v) is 2.14. The molecule has 0 radical (unpaired) electrons. The number of hydrogen-bond acceptors (Lipinski definition) is 2. The minimum atomic E-state index is -0.231. The third kappa shape index (κ3) is 2.67. The minimum absolute atomic E-state index is 0.231. The van der Waals surface area contributed by atoms with E-state index in [1.165, 1.54) is 12.1 Å². The van der Waals surface area contributed by atoms with Crippen molar-refractivity contribution in [2.45, 2.75) is 0 Å². The van der Waals surface area contributed by atoms with Gasteiger partial charge in [0, 0.05) is 6.20 Å². The zero-order valence-corrected chi connectivity index (χ0v) is 8.60. The van der Waals surface area contributed by atoms with E-state index in [1.54, 1.807) is 24.4 Å². The lowest BCUT2D eigenvalue weighted by Crippen LogP contribution is -1.88. The average molecular weight is 214 g/mol. The summed E-state index contributed by atoms with van der Waals surface area (Å²) in [5.74, 6) is 0.256. The summed E-state index contributed by atoms with van der Waals surface area (Å²) in [6.07, 6.45) is 5.46. The highest BCUT2D eigenvalue weighted by Gasteiger charge is 1.91. The monoisotopic (exact) mass is 214 g/mol. The van der Waals surface area contributed by atoms with Crippen molar-refractivity contribution in [3.05, 3.63) is 59.5 Å². The maximum absolute atomic E-state index is 12.7. The summed E-state index contributed by atoms with van der Waals surface area (Å²) in [5.41, 5.74) is 7.46. The highest BCUT2D eigenvalue weighted by Crippen LogP contribution is 2.10. The van der Waals surface area contributed by atoms with E-state index in [-0.39, 0.29) is 5.82 Å². The predicted molar refractivity (Wildman–Crippen MR) is 64.0 cm³/mol. The second-order valence-corrected chi connectivity index (χ2v) is 3.40. The third-order valence-electron chi connectivity index (χ3n) is 2.14. The molecule has 2 nitrogen and oxygen atoms in total. The van der Waals surface area contributed by atoms with Crippen LogP contribution in [0.3, 0.4) is 0 Å². The Labute approximate surface area is 93.3 Å². The molecule has 80 valence electrons. The van der Waals surface area contributed by atoms with Crippen LogP contribution in [0.5, 0.6) is 0 Å². The molecule has 0 amide bonds. The number of halogens is 1. The van der Waals surface area contributed by atoms with E-state index in [0.29, 0.717) is 5.82 Å². The van der Waals surface area contributed by atoms with Crippen molar-refractivity contribution in [3.63, 3.8) is 0 Å². The molecular formula is C13H11FN2. The molecule has 0 aliphatic carbocycles. The van der Waals surface area contributed by atoms with Crippen LogP contribution >= 0.6 is 0 Å². The van der Waals surface area contributed by atoms with Gasteiger partial charge in [0.2, 0.25) is 0 Å². The van der Waals surface area contributed by atoms with Crippen molar-refractivity contribution in [1.29, 1.82) is 0 Å². The van der Waals surface area contributed by atoms with Gasteiger partial charge in [0.15, 0.2) is 0 Å². The fourth-order valence-electron chi connectivity index (χ4n) is 1.34. The molecule has 1 heterocycles. The number of rotatable bonds is 2. The minimum Gasteiger partial charge on any atom is -0.384 e. The second kappa shape index (κ2) is 4.57. The van der Waals surface area contributed by atoms with Crippen molar-refractivity contribution in [3.8, 4) is 0 Å². The molecule has 0 spiro atoms. The first-order valence-electron chi connectivity index (χ1n) is 4.89. The molecule has 1 aromatic heterocycles. The lowest BCUT2D eigenvalue weighted by molar-refractivity contribution is 0.628. The zero-order valence-electron chi connectivity index (χ0n) is 8.60. The predicted octanol–water partition coefficient (Wildman–Crippen LogP) is 2.97. The standard InChI is InChI=1S/C13H11FN2/c14-12-5-3-10(4-6-12)1-2-11-7-8-16-13(15)9-11/h1-9H,(H2,15,16)/b2-1+. The SMILES string of the molecule is Nc1cc(/C=C/c2ccc(F)cc2)ccn1. The zero-order chi connectivity index (χ0) is 11.4. The van der Waals surface area contributed by atoms with Crippen LogP contribution in [0.4, 0.5) is 10.2 Å². The molecule has 0 bridgehead atoms. The highest BCUT2D eigenvalue weighted by molar-refractivity contribution is 5.70. The van der Waals surface area contributed by atoms with Gasteiger partial charge in [0.05, 0.1) is 0 Å². The molecule has 2 N–H and O–H groups in total. The number of hydrogen-bond donors (Lipinski definition) is 1. The van der Waals surface area contributed by atoms with Gasteiger partial charge >= 0.3 is 0 Å². The Morgan fingerprint density at radius 1 is 1.00 bits per heavy atom. The number of aromatic nitrogens is 1. The van der Waals surface area contributed by atoms with Crippen molar-refractivity contribution in [1.82, 2.24) is 4.98 Å². The smallest absolute Gasteiger partial charge is 0.123 e. The van der Waals surface area contributed by atoms with Gasteiger partial charge in [-0.2, -0.15) is 0 Å². The second-order valence-electron chi connectivity index (χ2n) is 3.40. The van der Waals surface area contributed by atoms with Crippen molar-refractivity contribution in [2.24, 2.45) is 0 Å². The number of nitrogens with two attached hydrogens (primary N) is 1. The first kappa shape index (κ1) is 10.4. The van der Waals surface area contributed by atoms with Gasteiger partial charge in [-0.05, 0) is 35.4 Å².